The number of H-pyrrole nitrogens is 1. The fraction of sp³-hybridized carbons (Fsp3) is 0.222. The second-order valence-corrected chi connectivity index (χ2v) is 8.39. The lowest BCUT2D eigenvalue weighted by molar-refractivity contribution is 0.279. The van der Waals surface area contributed by atoms with Crippen LogP contribution in [0.3, 0.4) is 0 Å². The maximum absolute atomic E-state index is 14.9. The molecule has 0 spiro atoms. The molecule has 4 nitrogen and oxygen atoms in total. The molecule has 0 atom stereocenters. The third-order valence-electron chi connectivity index (χ3n) is 5.59. The number of nitrogens with zero attached hydrogens (tertiary/aromatic N) is 2. The molecule has 3 aromatic carbocycles. The number of ether oxygens (including phenoxy) is 1. The molecule has 0 bridgehead atoms. The van der Waals surface area contributed by atoms with Crippen LogP contribution in [0.25, 0.3) is 33.3 Å². The molecule has 1 aromatic heterocycles. The van der Waals surface area contributed by atoms with E-state index in [1.807, 2.05) is 56.3 Å². The van der Waals surface area contributed by atoms with Crippen molar-refractivity contribution in [1.29, 1.82) is 5.26 Å². The van der Waals surface area contributed by atoms with Gasteiger partial charge in [-0.1, -0.05) is 12.1 Å². The van der Waals surface area contributed by atoms with E-state index in [1.54, 1.807) is 12.1 Å². The third kappa shape index (κ3) is 4.89. The number of nitrogens with one attached hydrogen (secondary N) is 1. The predicted molar refractivity (Wildman–Crippen MR) is 127 cm³/mol. The first kappa shape index (κ1) is 22.5. The van der Waals surface area contributed by atoms with Crippen LogP contribution < -0.4 is 4.74 Å². The zero-order valence-corrected chi connectivity index (χ0v) is 18.9. The molecule has 33 heavy (non-hydrogen) atoms. The fourth-order valence-electron chi connectivity index (χ4n) is 3.95. The number of halogens is 2. The molecule has 4 rings (SSSR count). The van der Waals surface area contributed by atoms with Crippen LogP contribution >= 0.6 is 0 Å². The molecular weight excluding hydrogens is 420 g/mol. The summed E-state index contributed by atoms with van der Waals surface area (Å²) >= 11 is 0. The van der Waals surface area contributed by atoms with Crippen molar-refractivity contribution >= 4 is 10.9 Å². The van der Waals surface area contributed by atoms with Gasteiger partial charge in [0.15, 0.2) is 0 Å². The summed E-state index contributed by atoms with van der Waals surface area (Å²) in [5.74, 6) is -1.16. The minimum atomic E-state index is -0.674. The summed E-state index contributed by atoms with van der Waals surface area (Å²) in [7, 11) is 3.92. The third-order valence-corrected chi connectivity index (χ3v) is 5.59. The number of hydrogen-bond donors (Lipinski definition) is 1. The van der Waals surface area contributed by atoms with Crippen molar-refractivity contribution in [2.75, 3.05) is 27.2 Å². The van der Waals surface area contributed by atoms with Gasteiger partial charge in [0.05, 0.1) is 29.5 Å². The number of hydrogen-bond acceptors (Lipinski definition) is 3. The number of aromatic nitrogens is 1. The van der Waals surface area contributed by atoms with E-state index in [1.165, 1.54) is 12.1 Å². The normalized spacial score (nSPS) is 11.2. The van der Waals surface area contributed by atoms with E-state index >= 15 is 0 Å². The maximum atomic E-state index is 14.9. The minimum absolute atomic E-state index is 0.108. The molecule has 1 heterocycles. The molecule has 0 saturated heterocycles. The highest BCUT2D eigenvalue weighted by molar-refractivity contribution is 5.90. The number of benzene rings is 3. The number of fused-ring (bicyclic) bond motifs is 1. The van der Waals surface area contributed by atoms with Gasteiger partial charge >= 0.3 is 0 Å². The first-order valence-electron chi connectivity index (χ1n) is 10.8. The Balaban J connectivity index is 1.62. The number of nitriles is 1. The second kappa shape index (κ2) is 9.43. The number of aryl methyl sites for hydroxylation is 1. The van der Waals surface area contributed by atoms with Crippen molar-refractivity contribution in [3.8, 4) is 34.2 Å². The Morgan fingerprint density at radius 3 is 2.42 bits per heavy atom. The highest BCUT2D eigenvalue weighted by Crippen LogP contribution is 2.34. The van der Waals surface area contributed by atoms with Crippen molar-refractivity contribution in [1.82, 2.24) is 9.88 Å². The van der Waals surface area contributed by atoms with Crippen LogP contribution in [0.1, 0.15) is 17.5 Å². The quantitative estimate of drug-likeness (QED) is 0.340. The first-order valence-corrected chi connectivity index (χ1v) is 10.8. The standard InChI is InChI=1S/C27H25F2N3O/c1-17-11-18(16-30)5-7-22(17)19-6-8-25-20(12-19)13-26(31-25)27-23(28)14-21(15-24(27)29)33-10-4-9-32(2)3/h5-8,11-15,31H,4,9-10H2,1-3H3. The molecule has 0 saturated carbocycles. The lowest BCUT2D eigenvalue weighted by atomic mass is 9.98. The van der Waals surface area contributed by atoms with Gasteiger partial charge in [-0.15, -0.1) is 0 Å². The maximum Gasteiger partial charge on any atom is 0.139 e. The van der Waals surface area contributed by atoms with E-state index in [4.69, 9.17) is 10.00 Å². The largest absolute Gasteiger partial charge is 0.493 e. The van der Waals surface area contributed by atoms with Gasteiger partial charge in [-0.05, 0) is 74.5 Å². The molecule has 0 aliphatic rings. The summed E-state index contributed by atoms with van der Waals surface area (Å²) in [5, 5.41) is 9.93. The van der Waals surface area contributed by atoms with E-state index in [9.17, 15) is 8.78 Å². The zero-order valence-electron chi connectivity index (χ0n) is 18.9. The SMILES string of the molecule is Cc1cc(C#N)ccc1-c1ccc2[nH]c(-c3c(F)cc(OCCCN(C)C)cc3F)cc2c1. The molecule has 0 aliphatic heterocycles. The van der Waals surface area contributed by atoms with Gasteiger partial charge in [0, 0.05) is 29.6 Å². The van der Waals surface area contributed by atoms with Gasteiger partial charge in [-0.2, -0.15) is 5.26 Å². The lowest BCUT2D eigenvalue weighted by Crippen LogP contribution is -2.15. The first-order chi connectivity index (χ1) is 15.9. The Morgan fingerprint density at radius 2 is 1.76 bits per heavy atom. The minimum Gasteiger partial charge on any atom is -0.493 e. The van der Waals surface area contributed by atoms with Crippen LogP contribution in [0.4, 0.5) is 8.78 Å². The van der Waals surface area contributed by atoms with Gasteiger partial charge in [0.1, 0.15) is 17.4 Å². The average molecular weight is 446 g/mol. The van der Waals surface area contributed by atoms with Crippen LogP contribution in [0.2, 0.25) is 0 Å². The van der Waals surface area contributed by atoms with Crippen LogP contribution in [0, 0.1) is 29.9 Å². The van der Waals surface area contributed by atoms with E-state index < -0.39 is 11.6 Å². The van der Waals surface area contributed by atoms with E-state index in [0.717, 1.165) is 40.6 Å². The topological polar surface area (TPSA) is 52.1 Å². The van der Waals surface area contributed by atoms with Gasteiger partial charge in [-0.25, -0.2) is 8.78 Å². The summed E-state index contributed by atoms with van der Waals surface area (Å²) in [6.45, 7) is 3.18. The molecular formula is C27H25F2N3O. The Labute approximate surface area is 192 Å². The van der Waals surface area contributed by atoms with E-state index in [0.29, 0.717) is 17.9 Å². The molecule has 0 unspecified atom stereocenters. The second-order valence-electron chi connectivity index (χ2n) is 8.39. The van der Waals surface area contributed by atoms with Crippen molar-refractivity contribution in [2.24, 2.45) is 0 Å². The Hall–Kier alpha value is -3.69. The van der Waals surface area contributed by atoms with Crippen molar-refractivity contribution in [3.63, 3.8) is 0 Å². The molecule has 4 aromatic rings. The Bertz CT molecular complexity index is 1330. The number of aromatic amines is 1. The molecule has 0 amide bonds. The monoisotopic (exact) mass is 445 g/mol. The van der Waals surface area contributed by atoms with Crippen LogP contribution in [-0.2, 0) is 0 Å². The summed E-state index contributed by atoms with van der Waals surface area (Å²) in [4.78, 5) is 5.15. The smallest absolute Gasteiger partial charge is 0.139 e. The zero-order chi connectivity index (χ0) is 23.5. The van der Waals surface area contributed by atoms with Crippen LogP contribution in [0.5, 0.6) is 5.75 Å². The van der Waals surface area contributed by atoms with Crippen LogP contribution in [-0.4, -0.2) is 37.1 Å². The highest BCUT2D eigenvalue weighted by Gasteiger charge is 2.17. The molecule has 168 valence electrons. The van der Waals surface area contributed by atoms with Gasteiger partial charge < -0.3 is 14.6 Å². The summed E-state index contributed by atoms with van der Waals surface area (Å²) in [5.41, 5.74) is 4.61. The van der Waals surface area contributed by atoms with E-state index in [2.05, 4.69) is 11.1 Å². The lowest BCUT2D eigenvalue weighted by Gasteiger charge is -2.11. The summed E-state index contributed by atoms with van der Waals surface area (Å²) in [6, 6.07) is 17.7. The molecule has 0 fully saturated rings. The number of rotatable bonds is 7. The Kier molecular flexibility index (Phi) is 6.43. The van der Waals surface area contributed by atoms with Crippen molar-refractivity contribution in [3.05, 3.63) is 77.4 Å². The van der Waals surface area contributed by atoms with Crippen molar-refractivity contribution < 1.29 is 13.5 Å². The predicted octanol–water partition coefficient (Wildman–Crippen LogP) is 6.29. The average Bonchev–Trinajstić information content (AvgIpc) is 3.18. The van der Waals surface area contributed by atoms with Crippen molar-refractivity contribution in [2.45, 2.75) is 13.3 Å². The summed E-state index contributed by atoms with van der Waals surface area (Å²) < 4.78 is 35.2. The highest BCUT2D eigenvalue weighted by atomic mass is 19.1. The summed E-state index contributed by atoms with van der Waals surface area (Å²) in [6.07, 6.45) is 0.765. The Morgan fingerprint density at radius 1 is 1.00 bits per heavy atom. The van der Waals surface area contributed by atoms with Crippen LogP contribution in [0.15, 0.2) is 54.6 Å². The van der Waals surface area contributed by atoms with Gasteiger partial charge in [-0.3, -0.25) is 0 Å². The molecule has 0 aliphatic carbocycles. The molecule has 6 heteroatoms. The van der Waals surface area contributed by atoms with E-state index in [-0.39, 0.29) is 11.3 Å². The molecule has 0 radical (unpaired) electrons. The molecule has 1 N–H and O–H groups in total. The van der Waals surface area contributed by atoms with Gasteiger partial charge in [0.25, 0.3) is 0 Å². The fourth-order valence-corrected chi connectivity index (χ4v) is 3.95. The van der Waals surface area contributed by atoms with Gasteiger partial charge in [0.2, 0.25) is 0 Å².